The normalized spacial score (nSPS) is 10.2. The van der Waals surface area contributed by atoms with E-state index in [0.29, 0.717) is 23.2 Å². The van der Waals surface area contributed by atoms with E-state index in [2.05, 4.69) is 21.2 Å². The number of anilines is 1. The van der Waals surface area contributed by atoms with Gasteiger partial charge in [-0.15, -0.1) is 0 Å². The summed E-state index contributed by atoms with van der Waals surface area (Å²) in [6, 6.07) is 14.5. The van der Waals surface area contributed by atoms with Crippen molar-refractivity contribution in [3.05, 3.63) is 68.7 Å². The summed E-state index contributed by atoms with van der Waals surface area (Å²) in [5.74, 6) is -0.0221. The Labute approximate surface area is 148 Å². The van der Waals surface area contributed by atoms with Crippen LogP contribution in [0.3, 0.4) is 0 Å². The molecule has 0 radical (unpaired) electrons. The second kappa shape index (κ2) is 8.44. The van der Waals surface area contributed by atoms with Crippen molar-refractivity contribution in [2.75, 3.05) is 18.9 Å². The van der Waals surface area contributed by atoms with Gasteiger partial charge < -0.3 is 10.2 Å². The molecule has 1 amide bonds. The fourth-order valence-corrected chi connectivity index (χ4v) is 2.59. The smallest absolute Gasteiger partial charge is 0.293 e. The predicted molar refractivity (Wildman–Crippen MR) is 96.8 cm³/mol. The van der Waals surface area contributed by atoms with Crippen molar-refractivity contribution < 1.29 is 9.72 Å². The van der Waals surface area contributed by atoms with Crippen molar-refractivity contribution >= 4 is 33.2 Å². The minimum absolute atomic E-state index is 0.0190. The second-order valence-corrected chi connectivity index (χ2v) is 6.25. The number of benzene rings is 2. The third kappa shape index (κ3) is 5.06. The topological polar surface area (TPSA) is 75.5 Å². The Bertz CT molecular complexity index is 722. The van der Waals surface area contributed by atoms with Crippen LogP contribution in [0.5, 0.6) is 0 Å². The van der Waals surface area contributed by atoms with Crippen molar-refractivity contribution in [1.29, 1.82) is 0 Å². The molecule has 0 aromatic heterocycles. The summed E-state index contributed by atoms with van der Waals surface area (Å²) in [4.78, 5) is 24.4. The summed E-state index contributed by atoms with van der Waals surface area (Å²) in [6.07, 6.45) is 0.260. The Kier molecular flexibility index (Phi) is 6.31. The van der Waals surface area contributed by atoms with Crippen LogP contribution in [0.15, 0.2) is 53.0 Å². The molecule has 2 aromatic carbocycles. The van der Waals surface area contributed by atoms with Gasteiger partial charge in [-0.2, -0.15) is 0 Å². The van der Waals surface area contributed by atoms with Crippen LogP contribution in [-0.4, -0.2) is 29.3 Å². The van der Waals surface area contributed by atoms with Crippen LogP contribution >= 0.6 is 15.9 Å². The molecule has 126 valence electrons. The van der Waals surface area contributed by atoms with Crippen LogP contribution in [0.4, 0.5) is 11.4 Å². The molecule has 0 heterocycles. The maximum Gasteiger partial charge on any atom is 0.293 e. The third-order valence-electron chi connectivity index (χ3n) is 3.50. The summed E-state index contributed by atoms with van der Waals surface area (Å²) in [6.45, 7) is 0.874. The minimum atomic E-state index is -0.448. The SMILES string of the molecule is CN(Cc1ccccc1)C(=O)CCNc1ccc(Br)cc1[N+](=O)[O-]. The molecular weight excluding hydrogens is 374 g/mol. The van der Waals surface area contributed by atoms with Crippen LogP contribution in [0.2, 0.25) is 0 Å². The maximum absolute atomic E-state index is 12.2. The van der Waals surface area contributed by atoms with E-state index in [1.165, 1.54) is 6.07 Å². The predicted octanol–water partition coefficient (Wildman–Crippen LogP) is 3.82. The van der Waals surface area contributed by atoms with Gasteiger partial charge in [-0.05, 0) is 17.7 Å². The Hall–Kier alpha value is -2.41. The fourth-order valence-electron chi connectivity index (χ4n) is 2.25. The Balaban J connectivity index is 1.87. The number of hydrogen-bond acceptors (Lipinski definition) is 4. The zero-order valence-electron chi connectivity index (χ0n) is 13.2. The highest BCUT2D eigenvalue weighted by Gasteiger charge is 2.15. The Morgan fingerprint density at radius 2 is 1.96 bits per heavy atom. The quantitative estimate of drug-likeness (QED) is 0.574. The number of nitro groups is 1. The highest BCUT2D eigenvalue weighted by atomic mass is 79.9. The van der Waals surface area contributed by atoms with E-state index in [4.69, 9.17) is 0 Å². The number of carbonyl (C=O) groups excluding carboxylic acids is 1. The van der Waals surface area contributed by atoms with Crippen LogP contribution in [0.25, 0.3) is 0 Å². The van der Waals surface area contributed by atoms with Gasteiger partial charge in [0.15, 0.2) is 0 Å². The summed E-state index contributed by atoms with van der Waals surface area (Å²) < 4.78 is 0.637. The molecule has 0 unspecified atom stereocenters. The van der Waals surface area contributed by atoms with Gasteiger partial charge in [-0.1, -0.05) is 46.3 Å². The molecule has 0 saturated carbocycles. The van der Waals surface area contributed by atoms with Crippen LogP contribution < -0.4 is 5.32 Å². The van der Waals surface area contributed by atoms with Gasteiger partial charge in [0.05, 0.1) is 4.92 Å². The molecule has 7 heteroatoms. The number of nitrogens with one attached hydrogen (secondary N) is 1. The number of hydrogen-bond donors (Lipinski definition) is 1. The van der Waals surface area contributed by atoms with E-state index in [1.807, 2.05) is 30.3 Å². The van der Waals surface area contributed by atoms with Crippen LogP contribution in [0.1, 0.15) is 12.0 Å². The standard InChI is InChI=1S/C17H18BrN3O3/c1-20(12-13-5-3-2-4-6-13)17(22)9-10-19-15-8-7-14(18)11-16(15)21(23)24/h2-8,11,19H,9-10,12H2,1H3. The van der Waals surface area contributed by atoms with Gasteiger partial charge in [0.1, 0.15) is 5.69 Å². The molecule has 24 heavy (non-hydrogen) atoms. The van der Waals surface area contributed by atoms with E-state index < -0.39 is 4.92 Å². The van der Waals surface area contributed by atoms with E-state index in [9.17, 15) is 14.9 Å². The average Bonchev–Trinajstić information content (AvgIpc) is 2.56. The highest BCUT2D eigenvalue weighted by Crippen LogP contribution is 2.27. The second-order valence-electron chi connectivity index (χ2n) is 5.33. The summed E-state index contributed by atoms with van der Waals surface area (Å²) in [5, 5.41) is 14.0. The number of carbonyl (C=O) groups is 1. The van der Waals surface area contributed by atoms with Gasteiger partial charge in [0.2, 0.25) is 5.91 Å². The fraction of sp³-hybridized carbons (Fsp3) is 0.235. The van der Waals surface area contributed by atoms with Crippen LogP contribution in [0, 0.1) is 10.1 Å². The molecule has 0 spiro atoms. The van der Waals surface area contributed by atoms with Crippen molar-refractivity contribution in [1.82, 2.24) is 4.90 Å². The Morgan fingerprint density at radius 3 is 2.62 bits per heavy atom. The molecule has 0 atom stereocenters. The minimum Gasteiger partial charge on any atom is -0.379 e. The van der Waals surface area contributed by atoms with Crippen molar-refractivity contribution in [3.8, 4) is 0 Å². The van der Waals surface area contributed by atoms with Gasteiger partial charge in [0.25, 0.3) is 5.69 Å². The lowest BCUT2D eigenvalue weighted by molar-refractivity contribution is -0.384. The van der Waals surface area contributed by atoms with Crippen molar-refractivity contribution in [3.63, 3.8) is 0 Å². The lowest BCUT2D eigenvalue weighted by Crippen LogP contribution is -2.27. The van der Waals surface area contributed by atoms with E-state index in [-0.39, 0.29) is 18.0 Å². The maximum atomic E-state index is 12.2. The van der Waals surface area contributed by atoms with Gasteiger partial charge >= 0.3 is 0 Å². The number of nitrogens with zero attached hydrogens (tertiary/aromatic N) is 2. The molecular formula is C17H18BrN3O3. The first-order valence-corrected chi connectivity index (χ1v) is 8.22. The largest absolute Gasteiger partial charge is 0.379 e. The third-order valence-corrected chi connectivity index (χ3v) is 3.99. The molecule has 0 aliphatic rings. The molecule has 2 aromatic rings. The molecule has 0 aliphatic heterocycles. The summed E-state index contributed by atoms with van der Waals surface area (Å²) in [7, 11) is 1.75. The molecule has 0 fully saturated rings. The monoisotopic (exact) mass is 391 g/mol. The van der Waals surface area contributed by atoms with Gasteiger partial charge in [-0.3, -0.25) is 14.9 Å². The van der Waals surface area contributed by atoms with Crippen LogP contribution in [-0.2, 0) is 11.3 Å². The molecule has 0 saturated heterocycles. The first kappa shape index (κ1) is 17.9. The molecule has 2 rings (SSSR count). The van der Waals surface area contributed by atoms with Crippen molar-refractivity contribution in [2.24, 2.45) is 0 Å². The summed E-state index contributed by atoms with van der Waals surface area (Å²) >= 11 is 3.21. The summed E-state index contributed by atoms with van der Waals surface area (Å²) in [5.41, 5.74) is 1.45. The highest BCUT2D eigenvalue weighted by molar-refractivity contribution is 9.10. The molecule has 1 N–H and O–H groups in total. The van der Waals surface area contributed by atoms with E-state index >= 15 is 0 Å². The number of halogens is 1. The van der Waals surface area contributed by atoms with E-state index in [0.717, 1.165) is 5.56 Å². The number of rotatable bonds is 7. The zero-order valence-corrected chi connectivity index (χ0v) is 14.8. The molecule has 0 bridgehead atoms. The number of nitro benzene ring substituents is 1. The first-order valence-electron chi connectivity index (χ1n) is 7.43. The number of amides is 1. The lowest BCUT2D eigenvalue weighted by Gasteiger charge is -2.17. The van der Waals surface area contributed by atoms with E-state index in [1.54, 1.807) is 24.1 Å². The van der Waals surface area contributed by atoms with Gasteiger partial charge in [0, 0.05) is 37.1 Å². The average molecular weight is 392 g/mol. The zero-order chi connectivity index (χ0) is 17.5. The Morgan fingerprint density at radius 1 is 1.25 bits per heavy atom. The molecule has 0 aliphatic carbocycles. The first-order chi connectivity index (χ1) is 11.5. The van der Waals surface area contributed by atoms with Gasteiger partial charge in [-0.25, -0.2) is 0 Å². The lowest BCUT2D eigenvalue weighted by atomic mass is 10.2. The molecule has 6 nitrogen and oxygen atoms in total. The van der Waals surface area contributed by atoms with Crippen molar-refractivity contribution in [2.45, 2.75) is 13.0 Å².